The van der Waals surface area contributed by atoms with Crippen LogP contribution in [0.2, 0.25) is 0 Å². The Bertz CT molecular complexity index is 1080. The molecule has 1 aliphatic heterocycles. The monoisotopic (exact) mass is 459 g/mol. The molecule has 33 heavy (non-hydrogen) atoms. The molecular weight excluding hydrogens is 428 g/mol. The number of ether oxygens (including phenoxy) is 1. The third-order valence-corrected chi connectivity index (χ3v) is 6.21. The molecule has 0 fully saturated rings. The third-order valence-electron chi connectivity index (χ3n) is 6.21. The van der Waals surface area contributed by atoms with E-state index in [0.717, 1.165) is 16.8 Å². The summed E-state index contributed by atoms with van der Waals surface area (Å²) in [6.07, 6.45) is -3.23. The summed E-state index contributed by atoms with van der Waals surface area (Å²) in [5, 5.41) is 9.05. The van der Waals surface area contributed by atoms with Crippen LogP contribution in [-0.2, 0) is 21.4 Å². The first-order valence-corrected chi connectivity index (χ1v) is 11.3. The second kappa shape index (κ2) is 9.12. The molecule has 2 aromatic rings. The molecule has 5 nitrogen and oxygen atoms in total. The molecule has 0 aromatic heterocycles. The van der Waals surface area contributed by atoms with Crippen LogP contribution in [0.3, 0.4) is 0 Å². The van der Waals surface area contributed by atoms with E-state index < -0.39 is 18.5 Å². The highest BCUT2D eigenvalue weighted by Crippen LogP contribution is 2.45. The Morgan fingerprint density at radius 2 is 1.88 bits per heavy atom. The number of alkyl halides is 2. The van der Waals surface area contributed by atoms with E-state index in [1.807, 2.05) is 39.8 Å². The number of hydrogen-bond donors (Lipinski definition) is 1. The van der Waals surface area contributed by atoms with Crippen molar-refractivity contribution < 1.29 is 28.2 Å². The molecule has 1 amide bonds. The predicted octanol–water partition coefficient (Wildman–Crippen LogP) is 6.10. The van der Waals surface area contributed by atoms with E-state index in [4.69, 9.17) is 9.84 Å². The fourth-order valence-corrected chi connectivity index (χ4v) is 4.32. The lowest BCUT2D eigenvalue weighted by molar-refractivity contribution is -0.177. The fourth-order valence-electron chi connectivity index (χ4n) is 4.32. The van der Waals surface area contributed by atoms with Crippen LogP contribution in [0, 0.1) is 6.92 Å². The van der Waals surface area contributed by atoms with Gasteiger partial charge in [-0.2, -0.15) is 8.78 Å². The van der Waals surface area contributed by atoms with E-state index >= 15 is 0 Å². The Balaban J connectivity index is 2.21. The van der Waals surface area contributed by atoms with Crippen molar-refractivity contribution in [1.82, 2.24) is 0 Å². The van der Waals surface area contributed by atoms with E-state index in [1.165, 1.54) is 13.0 Å². The molecule has 1 aliphatic rings. The quantitative estimate of drug-likeness (QED) is 0.518. The van der Waals surface area contributed by atoms with Crippen LogP contribution in [0.5, 0.6) is 5.75 Å². The summed E-state index contributed by atoms with van der Waals surface area (Å²) < 4.78 is 33.5. The molecule has 1 heterocycles. The highest BCUT2D eigenvalue weighted by atomic mass is 19.3. The van der Waals surface area contributed by atoms with Gasteiger partial charge < -0.3 is 14.7 Å². The minimum absolute atomic E-state index is 0.0217. The number of hydrogen-bond acceptors (Lipinski definition) is 3. The molecule has 3 rings (SSSR count). The summed E-state index contributed by atoms with van der Waals surface area (Å²) in [4.78, 5) is 25.5. The molecule has 0 atom stereocenters. The molecule has 0 bridgehead atoms. The number of nitrogens with zero attached hydrogens (tertiary/aromatic N) is 1. The van der Waals surface area contributed by atoms with Gasteiger partial charge in [0.05, 0.1) is 0 Å². The number of fused-ring (bicyclic) bond motifs is 1. The van der Waals surface area contributed by atoms with Gasteiger partial charge in [-0.1, -0.05) is 32.9 Å². The number of carboxylic acid groups (broad SMARTS) is 1. The van der Waals surface area contributed by atoms with Crippen LogP contribution >= 0.6 is 0 Å². The fraction of sp³-hybridized carbons (Fsp3) is 0.462. The average molecular weight is 460 g/mol. The largest absolute Gasteiger partial charge is 0.481 e. The lowest BCUT2D eigenvalue weighted by Crippen LogP contribution is -2.41. The minimum Gasteiger partial charge on any atom is -0.481 e. The van der Waals surface area contributed by atoms with E-state index in [-0.39, 0.29) is 29.9 Å². The smallest absolute Gasteiger partial charge is 0.397 e. The normalized spacial score (nSPS) is 15.4. The zero-order valence-corrected chi connectivity index (χ0v) is 19.8. The van der Waals surface area contributed by atoms with Crippen molar-refractivity contribution in [1.29, 1.82) is 0 Å². The number of carbonyl (C=O) groups excluding carboxylic acids is 1. The number of aliphatic carboxylic acids is 1. The van der Waals surface area contributed by atoms with Gasteiger partial charge in [0.25, 0.3) is 0 Å². The first-order chi connectivity index (χ1) is 15.4. The molecule has 0 radical (unpaired) electrons. The van der Waals surface area contributed by atoms with Crippen molar-refractivity contribution >= 4 is 17.6 Å². The number of aryl methyl sites for hydroxylation is 2. The summed E-state index contributed by atoms with van der Waals surface area (Å²) in [6.45, 7) is 9.71. The van der Waals surface area contributed by atoms with Crippen molar-refractivity contribution in [3.05, 3.63) is 47.0 Å². The van der Waals surface area contributed by atoms with Gasteiger partial charge in [0.2, 0.25) is 5.91 Å². The summed E-state index contributed by atoms with van der Waals surface area (Å²) >= 11 is 0. The van der Waals surface area contributed by atoms with Gasteiger partial charge in [0, 0.05) is 42.5 Å². The zero-order valence-electron chi connectivity index (χ0n) is 19.8. The summed E-state index contributed by atoms with van der Waals surface area (Å²) in [5.74, 6) is -0.888. The number of anilines is 1. The summed E-state index contributed by atoms with van der Waals surface area (Å²) in [5.41, 5.74) is 4.17. The van der Waals surface area contributed by atoms with E-state index in [9.17, 15) is 18.4 Å². The molecule has 0 saturated carbocycles. The maximum atomic E-state index is 14.2. The topological polar surface area (TPSA) is 66.8 Å². The van der Waals surface area contributed by atoms with Crippen molar-refractivity contribution in [3.8, 4) is 16.9 Å². The molecule has 0 unspecified atom stereocenters. The van der Waals surface area contributed by atoms with Gasteiger partial charge in [0.15, 0.2) is 0 Å². The number of benzene rings is 2. The molecule has 0 spiro atoms. The van der Waals surface area contributed by atoms with Crippen molar-refractivity contribution in [2.75, 3.05) is 11.4 Å². The van der Waals surface area contributed by atoms with Gasteiger partial charge in [-0.15, -0.1) is 0 Å². The number of amides is 1. The highest BCUT2D eigenvalue weighted by molar-refractivity contribution is 5.99. The van der Waals surface area contributed by atoms with Gasteiger partial charge in [-0.05, 0) is 60.7 Å². The lowest BCUT2D eigenvalue weighted by Gasteiger charge is -2.39. The summed E-state index contributed by atoms with van der Waals surface area (Å²) in [7, 11) is 0. The average Bonchev–Trinajstić information content (AvgIpc) is 2.73. The van der Waals surface area contributed by atoms with Crippen molar-refractivity contribution in [2.24, 2.45) is 0 Å². The molecule has 1 N–H and O–H groups in total. The Morgan fingerprint density at radius 3 is 2.48 bits per heavy atom. The number of halogens is 2. The second-order valence-electron chi connectivity index (χ2n) is 9.20. The standard InChI is InChI=1S/C26H31F2NO4/c1-6-26(27,28)33-22-10-8-17(9-11-24(31)32)13-19(22)18-14-21-20(12-16(18)3)25(4,5)15-23(30)29(21)7-2/h8,10,12-14H,6-7,9,11,15H2,1-5H3,(H,31,32). The zero-order chi connectivity index (χ0) is 24.6. The van der Waals surface area contributed by atoms with Crippen LogP contribution in [0.1, 0.15) is 63.6 Å². The summed E-state index contributed by atoms with van der Waals surface area (Å²) in [6, 6.07) is 8.70. The van der Waals surface area contributed by atoms with E-state index in [0.29, 0.717) is 29.7 Å². The molecular formula is C26H31F2NO4. The predicted molar refractivity (Wildman–Crippen MR) is 124 cm³/mol. The lowest BCUT2D eigenvalue weighted by atomic mass is 9.75. The third kappa shape index (κ3) is 5.18. The molecule has 7 heteroatoms. The van der Waals surface area contributed by atoms with Crippen LogP contribution in [-0.4, -0.2) is 29.6 Å². The maximum absolute atomic E-state index is 14.2. The maximum Gasteiger partial charge on any atom is 0.397 e. The van der Waals surface area contributed by atoms with Gasteiger partial charge in [0.1, 0.15) is 5.75 Å². The number of rotatable bonds is 8. The number of carbonyl (C=O) groups is 2. The SMILES string of the molecule is CCN1C(=O)CC(C)(C)c2cc(C)c(-c3cc(CCC(=O)O)ccc3OC(F)(F)CC)cc21. The van der Waals surface area contributed by atoms with Crippen molar-refractivity contribution in [3.63, 3.8) is 0 Å². The van der Waals surface area contributed by atoms with Gasteiger partial charge in [-0.25, -0.2) is 0 Å². The van der Waals surface area contributed by atoms with Crippen molar-refractivity contribution in [2.45, 2.75) is 71.8 Å². The second-order valence-corrected chi connectivity index (χ2v) is 9.20. The van der Waals surface area contributed by atoms with Crippen LogP contribution in [0.15, 0.2) is 30.3 Å². The Hall–Kier alpha value is -2.96. The first kappa shape index (κ1) is 24.7. The van der Waals surface area contributed by atoms with Crippen LogP contribution in [0.4, 0.5) is 14.5 Å². The molecule has 178 valence electrons. The molecule has 0 saturated heterocycles. The Labute approximate surface area is 193 Å². The Kier molecular flexibility index (Phi) is 6.82. The molecule has 2 aromatic carbocycles. The minimum atomic E-state index is -3.34. The van der Waals surface area contributed by atoms with E-state index in [2.05, 4.69) is 0 Å². The highest BCUT2D eigenvalue weighted by Gasteiger charge is 2.37. The number of carboxylic acids is 1. The van der Waals surface area contributed by atoms with Crippen LogP contribution in [0.25, 0.3) is 11.1 Å². The Morgan fingerprint density at radius 1 is 1.18 bits per heavy atom. The molecule has 0 aliphatic carbocycles. The van der Waals surface area contributed by atoms with E-state index in [1.54, 1.807) is 17.0 Å². The van der Waals surface area contributed by atoms with Gasteiger partial charge in [-0.3, -0.25) is 9.59 Å². The van der Waals surface area contributed by atoms with Crippen LogP contribution < -0.4 is 9.64 Å². The first-order valence-electron chi connectivity index (χ1n) is 11.3. The van der Waals surface area contributed by atoms with Gasteiger partial charge >= 0.3 is 12.1 Å².